The van der Waals surface area contributed by atoms with Gasteiger partial charge in [-0.1, -0.05) is 11.6 Å². The third kappa shape index (κ3) is 3.65. The second kappa shape index (κ2) is 6.62. The summed E-state index contributed by atoms with van der Waals surface area (Å²) in [6.45, 7) is 5.02. The highest BCUT2D eigenvalue weighted by Gasteiger charge is 2.17. The van der Waals surface area contributed by atoms with Crippen molar-refractivity contribution in [2.24, 2.45) is 7.05 Å². The Hall–Kier alpha value is -1.34. The maximum Gasteiger partial charge on any atom is 0.272 e. The van der Waals surface area contributed by atoms with E-state index in [1.54, 1.807) is 22.6 Å². The van der Waals surface area contributed by atoms with Gasteiger partial charge in [0.2, 0.25) is 0 Å². The fraction of sp³-hybridized carbons (Fsp3) is 0.462. The van der Waals surface area contributed by atoms with Crippen LogP contribution in [0.25, 0.3) is 0 Å². The first-order valence-electron chi connectivity index (χ1n) is 6.57. The van der Waals surface area contributed by atoms with Crippen LogP contribution < -0.4 is 5.32 Å². The van der Waals surface area contributed by atoms with Crippen LogP contribution in [0, 0.1) is 13.8 Å². The second-order valence-electron chi connectivity index (χ2n) is 4.81. The Kier molecular flexibility index (Phi) is 5.05. The number of aryl methyl sites for hydroxylation is 3. The van der Waals surface area contributed by atoms with Crippen molar-refractivity contribution in [2.75, 3.05) is 6.54 Å². The minimum absolute atomic E-state index is 0.180. The lowest BCUT2D eigenvalue weighted by molar-refractivity contribution is 0.0946. The summed E-state index contributed by atoms with van der Waals surface area (Å²) in [6, 6.07) is 0. The van der Waals surface area contributed by atoms with Crippen molar-refractivity contribution < 1.29 is 4.79 Å². The van der Waals surface area contributed by atoms with Crippen LogP contribution in [-0.4, -0.2) is 32.0 Å². The van der Waals surface area contributed by atoms with Crippen LogP contribution in [0.5, 0.6) is 0 Å². The average molecular weight is 375 g/mol. The molecular weight excluding hydrogens is 358 g/mol. The number of nitrogens with one attached hydrogen (secondary N) is 1. The average Bonchev–Trinajstić information content (AvgIpc) is 2.89. The van der Waals surface area contributed by atoms with Crippen molar-refractivity contribution in [1.82, 2.24) is 24.9 Å². The molecule has 0 saturated carbocycles. The van der Waals surface area contributed by atoms with Gasteiger partial charge in [0.1, 0.15) is 0 Å². The number of amides is 1. The molecule has 0 aliphatic carbocycles. The molecule has 2 heterocycles. The van der Waals surface area contributed by atoms with E-state index in [9.17, 15) is 4.79 Å². The molecule has 0 saturated heterocycles. The van der Waals surface area contributed by atoms with Gasteiger partial charge in [0.25, 0.3) is 5.91 Å². The summed E-state index contributed by atoms with van der Waals surface area (Å²) in [5.74, 6) is -0.180. The summed E-state index contributed by atoms with van der Waals surface area (Å²) in [5, 5.41) is 12.0. The predicted octanol–water partition coefficient (Wildman–Crippen LogP) is 2.47. The summed E-state index contributed by atoms with van der Waals surface area (Å²) >= 11 is 9.32. The van der Waals surface area contributed by atoms with Gasteiger partial charge in [-0.25, -0.2) is 0 Å². The lowest BCUT2D eigenvalue weighted by Crippen LogP contribution is -2.26. The quantitative estimate of drug-likeness (QED) is 0.818. The third-order valence-electron chi connectivity index (χ3n) is 3.21. The number of carbonyl (C=O) groups is 1. The molecule has 0 radical (unpaired) electrons. The minimum atomic E-state index is -0.180. The molecule has 2 aromatic heterocycles. The number of hydrogen-bond donors (Lipinski definition) is 1. The van der Waals surface area contributed by atoms with Crippen molar-refractivity contribution in [3.8, 4) is 0 Å². The Morgan fingerprint density at radius 2 is 2.14 bits per heavy atom. The highest BCUT2D eigenvalue weighted by atomic mass is 79.9. The molecule has 8 heteroatoms. The maximum atomic E-state index is 12.0. The van der Waals surface area contributed by atoms with Crippen LogP contribution in [0.2, 0.25) is 5.02 Å². The van der Waals surface area contributed by atoms with Gasteiger partial charge >= 0.3 is 0 Å². The zero-order valence-electron chi connectivity index (χ0n) is 12.2. The molecule has 21 heavy (non-hydrogen) atoms. The van der Waals surface area contributed by atoms with Gasteiger partial charge in [0.05, 0.1) is 20.9 Å². The van der Waals surface area contributed by atoms with E-state index in [-0.39, 0.29) is 5.91 Å². The van der Waals surface area contributed by atoms with Gasteiger partial charge in [0.15, 0.2) is 5.69 Å². The lowest BCUT2D eigenvalue weighted by atomic mass is 10.3. The normalized spacial score (nSPS) is 10.9. The van der Waals surface area contributed by atoms with Gasteiger partial charge in [-0.2, -0.15) is 10.2 Å². The number of halogens is 2. The molecule has 0 bridgehead atoms. The van der Waals surface area contributed by atoms with Crippen molar-refractivity contribution in [2.45, 2.75) is 26.8 Å². The zero-order chi connectivity index (χ0) is 15.6. The van der Waals surface area contributed by atoms with Crippen LogP contribution in [0.4, 0.5) is 0 Å². The third-order valence-corrected chi connectivity index (χ3v) is 4.53. The molecule has 1 N–H and O–H groups in total. The van der Waals surface area contributed by atoms with Crippen LogP contribution in [0.3, 0.4) is 0 Å². The SMILES string of the molecule is Cc1nn(CCCNC(=O)c2nn(C)c(C)c2Br)cc1Cl. The summed E-state index contributed by atoms with van der Waals surface area (Å²) in [7, 11) is 1.81. The van der Waals surface area contributed by atoms with Gasteiger partial charge in [-0.05, 0) is 36.2 Å². The van der Waals surface area contributed by atoms with Crippen LogP contribution in [0.15, 0.2) is 10.7 Å². The number of rotatable bonds is 5. The topological polar surface area (TPSA) is 64.7 Å². The standard InChI is InChI=1S/C13H17BrClN5O/c1-8-10(15)7-20(17-8)6-4-5-16-13(21)12-11(14)9(2)19(3)18-12/h7H,4-6H2,1-3H3,(H,16,21). The molecule has 6 nitrogen and oxygen atoms in total. The van der Waals surface area contributed by atoms with E-state index in [1.807, 2.05) is 13.8 Å². The van der Waals surface area contributed by atoms with Crippen molar-refractivity contribution >= 4 is 33.4 Å². The Bertz CT molecular complexity index is 644. The molecule has 0 fully saturated rings. The molecule has 1 amide bonds. The van der Waals surface area contributed by atoms with Crippen LogP contribution in [-0.2, 0) is 13.6 Å². The Morgan fingerprint density at radius 1 is 1.43 bits per heavy atom. The van der Waals surface area contributed by atoms with Gasteiger partial charge in [0, 0.05) is 26.3 Å². The molecule has 0 aromatic carbocycles. The van der Waals surface area contributed by atoms with E-state index in [0.717, 1.165) is 22.3 Å². The van der Waals surface area contributed by atoms with Gasteiger partial charge in [-0.15, -0.1) is 0 Å². The highest BCUT2D eigenvalue weighted by Crippen LogP contribution is 2.19. The number of carbonyl (C=O) groups excluding carboxylic acids is 1. The molecule has 0 aliphatic heterocycles. The molecule has 0 aliphatic rings. The fourth-order valence-corrected chi connectivity index (χ4v) is 2.53. The first-order chi connectivity index (χ1) is 9.90. The molecular formula is C13H17BrClN5O. The lowest BCUT2D eigenvalue weighted by Gasteiger charge is -2.04. The van der Waals surface area contributed by atoms with E-state index < -0.39 is 0 Å². The smallest absolute Gasteiger partial charge is 0.272 e. The van der Waals surface area contributed by atoms with Gasteiger partial charge < -0.3 is 5.32 Å². The molecule has 0 unspecified atom stereocenters. The Morgan fingerprint density at radius 3 is 2.67 bits per heavy atom. The largest absolute Gasteiger partial charge is 0.351 e. The van der Waals surface area contributed by atoms with Crippen molar-refractivity contribution in [3.05, 3.63) is 32.8 Å². The summed E-state index contributed by atoms with van der Waals surface area (Å²) < 4.78 is 4.19. The summed E-state index contributed by atoms with van der Waals surface area (Å²) in [5.41, 5.74) is 2.14. The Balaban J connectivity index is 1.83. The van der Waals surface area contributed by atoms with Crippen LogP contribution in [0.1, 0.15) is 28.3 Å². The maximum absolute atomic E-state index is 12.0. The van der Waals surface area contributed by atoms with E-state index in [4.69, 9.17) is 11.6 Å². The van der Waals surface area contributed by atoms with E-state index >= 15 is 0 Å². The van der Waals surface area contributed by atoms with E-state index in [1.165, 1.54) is 0 Å². The molecule has 2 rings (SSSR count). The van der Waals surface area contributed by atoms with Crippen molar-refractivity contribution in [1.29, 1.82) is 0 Å². The minimum Gasteiger partial charge on any atom is -0.351 e. The van der Waals surface area contributed by atoms with Crippen LogP contribution >= 0.6 is 27.5 Å². The first kappa shape index (κ1) is 16.0. The first-order valence-corrected chi connectivity index (χ1v) is 7.74. The number of nitrogens with zero attached hydrogens (tertiary/aromatic N) is 4. The highest BCUT2D eigenvalue weighted by molar-refractivity contribution is 9.10. The number of hydrogen-bond acceptors (Lipinski definition) is 3. The summed E-state index contributed by atoms with van der Waals surface area (Å²) in [4.78, 5) is 12.0. The zero-order valence-corrected chi connectivity index (χ0v) is 14.5. The van der Waals surface area contributed by atoms with Crippen molar-refractivity contribution in [3.63, 3.8) is 0 Å². The molecule has 0 spiro atoms. The van der Waals surface area contributed by atoms with E-state index in [2.05, 4.69) is 31.4 Å². The monoisotopic (exact) mass is 373 g/mol. The molecule has 0 atom stereocenters. The predicted molar refractivity (Wildman–Crippen MR) is 84.6 cm³/mol. The van der Waals surface area contributed by atoms with E-state index in [0.29, 0.717) is 23.8 Å². The second-order valence-corrected chi connectivity index (χ2v) is 6.01. The molecule has 114 valence electrons. The Labute approximate surface area is 136 Å². The molecule has 2 aromatic rings. The van der Waals surface area contributed by atoms with Gasteiger partial charge in [-0.3, -0.25) is 14.2 Å². The summed E-state index contributed by atoms with van der Waals surface area (Å²) in [6.07, 6.45) is 2.56. The number of aromatic nitrogens is 4. The fourth-order valence-electron chi connectivity index (χ4n) is 1.86.